The Kier molecular flexibility index (Phi) is 5.83. The average molecular weight is 436 g/mol. The van der Waals surface area contributed by atoms with E-state index >= 15 is 0 Å². The Labute approximate surface area is 183 Å². The van der Waals surface area contributed by atoms with Crippen molar-refractivity contribution in [3.05, 3.63) is 77.2 Å². The highest BCUT2D eigenvalue weighted by molar-refractivity contribution is 8.27. The highest BCUT2D eigenvalue weighted by atomic mass is 32.2. The number of thioether (sulfide) groups is 1. The number of amides is 1. The van der Waals surface area contributed by atoms with Gasteiger partial charge in [0.15, 0.2) is 4.32 Å². The first-order valence-corrected chi connectivity index (χ1v) is 10.5. The number of hydrogen-bond donors (Lipinski definition) is 1. The molecule has 1 amide bonds. The van der Waals surface area contributed by atoms with Crippen LogP contribution in [0.2, 0.25) is 0 Å². The van der Waals surface area contributed by atoms with Gasteiger partial charge < -0.3 is 9.84 Å². The molecule has 4 rings (SSSR count). The van der Waals surface area contributed by atoms with Gasteiger partial charge in [-0.05, 0) is 35.0 Å². The van der Waals surface area contributed by atoms with Crippen molar-refractivity contribution >= 4 is 62.7 Å². The van der Waals surface area contributed by atoms with Crippen LogP contribution < -0.4 is 9.64 Å². The molecule has 1 heterocycles. The maximum atomic E-state index is 13.1. The molecule has 1 saturated heterocycles. The molecule has 0 atom stereocenters. The number of ether oxygens (including phenoxy) is 1. The monoisotopic (exact) mass is 435 g/mol. The average Bonchev–Trinajstić information content (AvgIpc) is 3.01. The molecule has 0 saturated carbocycles. The lowest BCUT2D eigenvalue weighted by Gasteiger charge is -2.15. The number of carboxylic acids is 1. The number of aliphatic carboxylic acids is 1. The van der Waals surface area contributed by atoms with Crippen molar-refractivity contribution in [2.24, 2.45) is 0 Å². The molecule has 0 bridgehead atoms. The van der Waals surface area contributed by atoms with Crippen LogP contribution in [0.3, 0.4) is 0 Å². The fraction of sp³-hybridized carbons (Fsp3) is 0.0870. The number of anilines is 1. The number of carbonyl (C=O) groups is 2. The van der Waals surface area contributed by atoms with E-state index < -0.39 is 5.97 Å². The highest BCUT2D eigenvalue weighted by Gasteiger charge is 2.33. The first kappa shape index (κ1) is 20.1. The van der Waals surface area contributed by atoms with E-state index in [1.807, 2.05) is 54.6 Å². The predicted molar refractivity (Wildman–Crippen MR) is 124 cm³/mol. The second-order valence-corrected chi connectivity index (χ2v) is 8.25. The van der Waals surface area contributed by atoms with Gasteiger partial charge in [-0.25, -0.2) is 0 Å². The Morgan fingerprint density at radius 2 is 1.80 bits per heavy atom. The van der Waals surface area contributed by atoms with Crippen molar-refractivity contribution in [1.29, 1.82) is 0 Å². The zero-order valence-corrected chi connectivity index (χ0v) is 17.4. The smallest absolute Gasteiger partial charge is 0.306 e. The van der Waals surface area contributed by atoms with Crippen molar-refractivity contribution < 1.29 is 19.4 Å². The molecule has 1 aliphatic rings. The Bertz CT molecular complexity index is 1190. The molecule has 3 aromatic carbocycles. The highest BCUT2D eigenvalue weighted by Crippen LogP contribution is 2.38. The molecular weight excluding hydrogens is 418 g/mol. The Morgan fingerprint density at radius 1 is 1.07 bits per heavy atom. The first-order valence-electron chi connectivity index (χ1n) is 9.23. The minimum atomic E-state index is -0.927. The summed E-state index contributed by atoms with van der Waals surface area (Å²) in [6.45, 7) is 0.0538. The fourth-order valence-corrected chi connectivity index (χ4v) is 4.42. The topological polar surface area (TPSA) is 66.8 Å². The van der Waals surface area contributed by atoms with Crippen molar-refractivity contribution in [1.82, 2.24) is 0 Å². The minimum Gasteiger partial charge on any atom is -0.492 e. The number of rotatable bonds is 6. The lowest BCUT2D eigenvalue weighted by Crippen LogP contribution is -2.27. The number of para-hydroxylation sites is 1. The summed E-state index contributed by atoms with van der Waals surface area (Å²) in [4.78, 5) is 25.8. The Morgan fingerprint density at radius 3 is 2.60 bits per heavy atom. The van der Waals surface area contributed by atoms with E-state index in [0.29, 0.717) is 20.5 Å². The van der Waals surface area contributed by atoms with E-state index in [9.17, 15) is 9.59 Å². The van der Waals surface area contributed by atoms with Crippen LogP contribution in [0, 0.1) is 0 Å². The van der Waals surface area contributed by atoms with Gasteiger partial charge in [0, 0.05) is 5.56 Å². The third-order valence-corrected chi connectivity index (χ3v) is 5.87. The first-order chi connectivity index (χ1) is 14.5. The third kappa shape index (κ3) is 4.22. The molecule has 3 aromatic rings. The van der Waals surface area contributed by atoms with Gasteiger partial charge in [-0.15, -0.1) is 0 Å². The van der Waals surface area contributed by atoms with Gasteiger partial charge in [0.2, 0.25) is 0 Å². The van der Waals surface area contributed by atoms with Gasteiger partial charge in [-0.2, -0.15) is 0 Å². The van der Waals surface area contributed by atoms with Crippen molar-refractivity contribution in [2.75, 3.05) is 11.5 Å². The molecule has 0 aliphatic carbocycles. The number of carboxylic acid groups (broad SMARTS) is 1. The van der Waals surface area contributed by atoms with Crippen molar-refractivity contribution in [3.8, 4) is 5.75 Å². The molecular formula is C23H17NO4S2. The van der Waals surface area contributed by atoms with Crippen LogP contribution in [0.4, 0.5) is 5.69 Å². The Hall–Kier alpha value is -3.16. The van der Waals surface area contributed by atoms with Crippen molar-refractivity contribution in [3.63, 3.8) is 0 Å². The lowest BCUT2D eigenvalue weighted by atomic mass is 10.1. The second kappa shape index (κ2) is 8.69. The summed E-state index contributed by atoms with van der Waals surface area (Å²) in [5.41, 5.74) is 1.42. The van der Waals surface area contributed by atoms with Gasteiger partial charge in [-0.1, -0.05) is 72.5 Å². The summed E-state index contributed by atoms with van der Waals surface area (Å²) in [7, 11) is 0. The van der Waals surface area contributed by atoms with E-state index in [1.165, 1.54) is 16.7 Å². The van der Waals surface area contributed by atoms with Crippen LogP contribution in [0.25, 0.3) is 16.8 Å². The van der Waals surface area contributed by atoms with E-state index in [1.54, 1.807) is 18.2 Å². The normalized spacial score (nSPS) is 15.2. The van der Waals surface area contributed by atoms with E-state index in [-0.39, 0.29) is 18.9 Å². The number of benzene rings is 3. The van der Waals surface area contributed by atoms with E-state index in [0.717, 1.165) is 16.5 Å². The summed E-state index contributed by atoms with van der Waals surface area (Å²) >= 11 is 6.71. The van der Waals surface area contributed by atoms with Crippen LogP contribution in [0.15, 0.2) is 71.6 Å². The summed E-state index contributed by atoms with van der Waals surface area (Å²) in [6.07, 6.45) is 1.63. The zero-order chi connectivity index (χ0) is 21.1. The zero-order valence-electron chi connectivity index (χ0n) is 15.8. The molecule has 0 unspecified atom stereocenters. The van der Waals surface area contributed by atoms with Gasteiger partial charge >= 0.3 is 5.97 Å². The second-order valence-electron chi connectivity index (χ2n) is 6.58. The fourth-order valence-electron chi connectivity index (χ4n) is 3.13. The van der Waals surface area contributed by atoms with Crippen LogP contribution in [0.5, 0.6) is 5.75 Å². The van der Waals surface area contributed by atoms with Crippen LogP contribution in [0.1, 0.15) is 12.0 Å². The molecule has 0 aromatic heterocycles. The standard InChI is InChI=1S/C23H17NO4S2/c25-21(26)11-12-28-19-8-4-3-7-17(19)14-20-22(27)24(23(29)30-20)18-10-9-15-5-1-2-6-16(15)13-18/h1-10,13-14H,11-12H2,(H,25,26)/b20-14+. The number of hydrogen-bond acceptors (Lipinski definition) is 5. The summed E-state index contributed by atoms with van der Waals surface area (Å²) in [6, 6.07) is 21.0. The van der Waals surface area contributed by atoms with Crippen LogP contribution in [-0.4, -0.2) is 27.9 Å². The van der Waals surface area contributed by atoms with Gasteiger partial charge in [0.05, 0.1) is 23.6 Å². The van der Waals surface area contributed by atoms with Gasteiger partial charge in [0.1, 0.15) is 5.75 Å². The van der Waals surface area contributed by atoms with E-state index in [4.69, 9.17) is 22.1 Å². The van der Waals surface area contributed by atoms with Crippen LogP contribution in [-0.2, 0) is 9.59 Å². The Balaban J connectivity index is 1.61. The number of nitrogens with zero attached hydrogens (tertiary/aromatic N) is 1. The largest absolute Gasteiger partial charge is 0.492 e. The molecule has 150 valence electrons. The molecule has 30 heavy (non-hydrogen) atoms. The maximum absolute atomic E-state index is 13.1. The predicted octanol–water partition coefficient (Wildman–Crippen LogP) is 5.10. The van der Waals surface area contributed by atoms with Gasteiger partial charge in [-0.3, -0.25) is 14.5 Å². The molecule has 1 fully saturated rings. The van der Waals surface area contributed by atoms with Crippen molar-refractivity contribution in [2.45, 2.75) is 6.42 Å². The molecule has 0 spiro atoms. The van der Waals surface area contributed by atoms with Crippen LogP contribution >= 0.6 is 24.0 Å². The number of fused-ring (bicyclic) bond motifs is 1. The third-order valence-electron chi connectivity index (χ3n) is 4.56. The molecule has 7 heteroatoms. The summed E-state index contributed by atoms with van der Waals surface area (Å²) in [5, 5.41) is 10.9. The summed E-state index contributed by atoms with van der Waals surface area (Å²) in [5.74, 6) is -0.598. The quantitative estimate of drug-likeness (QED) is 0.429. The van der Waals surface area contributed by atoms with Gasteiger partial charge in [0.25, 0.3) is 5.91 Å². The SMILES string of the molecule is O=C(O)CCOc1ccccc1/C=C1/SC(=S)N(c2ccc3ccccc3c2)C1=O. The molecule has 1 aliphatic heterocycles. The maximum Gasteiger partial charge on any atom is 0.306 e. The molecule has 0 radical (unpaired) electrons. The summed E-state index contributed by atoms with van der Waals surface area (Å²) < 4.78 is 6.05. The number of carbonyl (C=O) groups excluding carboxylic acids is 1. The van der Waals surface area contributed by atoms with E-state index in [2.05, 4.69) is 0 Å². The number of thiocarbonyl (C=S) groups is 1. The molecule has 5 nitrogen and oxygen atoms in total. The minimum absolute atomic E-state index is 0.0538. The molecule has 1 N–H and O–H groups in total. The lowest BCUT2D eigenvalue weighted by molar-refractivity contribution is -0.137.